The molecule has 1 aliphatic carbocycles. The fourth-order valence-corrected chi connectivity index (χ4v) is 4.04. The highest BCUT2D eigenvalue weighted by Crippen LogP contribution is 2.34. The number of H-pyrrole nitrogens is 1. The molecule has 1 aliphatic rings. The van der Waals surface area contributed by atoms with Crippen molar-refractivity contribution in [1.82, 2.24) is 25.3 Å². The van der Waals surface area contributed by atoms with E-state index in [0.717, 1.165) is 24.8 Å². The minimum Gasteiger partial charge on any atom is -0.342 e. The summed E-state index contributed by atoms with van der Waals surface area (Å²) in [4.78, 5) is 41.3. The molecule has 0 radical (unpaired) electrons. The number of amides is 1. The van der Waals surface area contributed by atoms with E-state index >= 15 is 0 Å². The molecule has 0 atom stereocenters. The van der Waals surface area contributed by atoms with Crippen molar-refractivity contribution in [2.75, 3.05) is 0 Å². The molecule has 4 rings (SSSR count). The minimum absolute atomic E-state index is 0.0263. The van der Waals surface area contributed by atoms with Gasteiger partial charge in [-0.1, -0.05) is 0 Å². The van der Waals surface area contributed by atoms with Crippen LogP contribution in [0.5, 0.6) is 0 Å². The summed E-state index contributed by atoms with van der Waals surface area (Å²) in [5.74, 6) is 0.0859. The van der Waals surface area contributed by atoms with Crippen LogP contribution in [0.3, 0.4) is 0 Å². The summed E-state index contributed by atoms with van der Waals surface area (Å²) in [6, 6.07) is 1.70. The van der Waals surface area contributed by atoms with Gasteiger partial charge in [0, 0.05) is 17.3 Å². The van der Waals surface area contributed by atoms with Crippen LogP contribution in [0.1, 0.15) is 33.3 Å². The van der Waals surface area contributed by atoms with Crippen LogP contribution in [0.2, 0.25) is 0 Å². The van der Waals surface area contributed by atoms with E-state index in [1.165, 1.54) is 16.2 Å². The molecule has 116 valence electrons. The Kier molecular flexibility index (Phi) is 3.38. The van der Waals surface area contributed by atoms with Gasteiger partial charge in [0.1, 0.15) is 10.7 Å². The molecule has 23 heavy (non-hydrogen) atoms. The van der Waals surface area contributed by atoms with E-state index < -0.39 is 5.91 Å². The van der Waals surface area contributed by atoms with Gasteiger partial charge in [0.25, 0.3) is 11.5 Å². The van der Waals surface area contributed by atoms with E-state index in [1.54, 1.807) is 18.5 Å². The van der Waals surface area contributed by atoms with E-state index in [4.69, 9.17) is 0 Å². The molecule has 3 aromatic heterocycles. The van der Waals surface area contributed by atoms with Crippen molar-refractivity contribution in [2.24, 2.45) is 0 Å². The molecule has 0 unspecified atom stereocenters. The first kappa shape index (κ1) is 14.0. The Hall–Kier alpha value is -2.61. The summed E-state index contributed by atoms with van der Waals surface area (Å²) in [6.07, 6.45) is 6.19. The number of thiophene rings is 1. The third kappa shape index (κ3) is 2.50. The van der Waals surface area contributed by atoms with Crippen molar-refractivity contribution in [3.05, 3.63) is 50.9 Å². The summed E-state index contributed by atoms with van der Waals surface area (Å²) >= 11 is 1.51. The van der Waals surface area contributed by atoms with Gasteiger partial charge in [0.2, 0.25) is 5.82 Å². The van der Waals surface area contributed by atoms with Gasteiger partial charge in [0.15, 0.2) is 0 Å². The Bertz CT molecular complexity index is 948. The van der Waals surface area contributed by atoms with Gasteiger partial charge in [-0.05, 0) is 30.9 Å². The maximum atomic E-state index is 12.3. The first-order valence-electron chi connectivity index (χ1n) is 7.31. The van der Waals surface area contributed by atoms with Gasteiger partial charge in [-0.2, -0.15) is 0 Å². The second kappa shape index (κ2) is 5.54. The molecule has 2 N–H and O–H groups in total. The lowest BCUT2D eigenvalue weighted by Gasteiger charge is -2.03. The Labute approximate surface area is 134 Å². The zero-order valence-electron chi connectivity index (χ0n) is 12.1. The Morgan fingerprint density at radius 2 is 2.13 bits per heavy atom. The van der Waals surface area contributed by atoms with Crippen LogP contribution in [0.15, 0.2) is 23.3 Å². The molecule has 0 fully saturated rings. The highest BCUT2D eigenvalue weighted by atomic mass is 32.1. The van der Waals surface area contributed by atoms with Crippen molar-refractivity contribution in [1.29, 1.82) is 0 Å². The van der Waals surface area contributed by atoms with Gasteiger partial charge < -0.3 is 10.3 Å². The second-order valence-electron chi connectivity index (χ2n) is 5.30. The van der Waals surface area contributed by atoms with Crippen LogP contribution in [0.4, 0.5) is 0 Å². The summed E-state index contributed by atoms with van der Waals surface area (Å²) in [7, 11) is 0. The largest absolute Gasteiger partial charge is 0.342 e. The number of aryl methyl sites for hydroxylation is 2. The molecule has 3 heterocycles. The molecule has 3 aromatic rings. The smallest absolute Gasteiger partial charge is 0.287 e. The minimum atomic E-state index is -0.440. The van der Waals surface area contributed by atoms with Crippen LogP contribution in [-0.4, -0.2) is 25.8 Å². The third-order valence-electron chi connectivity index (χ3n) is 3.82. The number of fused-ring (bicyclic) bond motifs is 3. The van der Waals surface area contributed by atoms with Crippen LogP contribution in [-0.2, 0) is 19.4 Å². The third-order valence-corrected chi connectivity index (χ3v) is 5.00. The molecule has 1 amide bonds. The zero-order chi connectivity index (χ0) is 15.8. The van der Waals surface area contributed by atoms with Gasteiger partial charge in [-0.3, -0.25) is 9.59 Å². The second-order valence-corrected chi connectivity index (χ2v) is 6.38. The molecule has 0 bridgehead atoms. The highest BCUT2D eigenvalue weighted by molar-refractivity contribution is 7.18. The summed E-state index contributed by atoms with van der Waals surface area (Å²) < 4.78 is 0. The zero-order valence-corrected chi connectivity index (χ0v) is 12.9. The SMILES string of the molecule is O=C(NCc1ncccn1)c1nc2sc3c(c2c(=O)[nH]1)CCC3. The number of aromatic nitrogens is 4. The predicted molar refractivity (Wildman–Crippen MR) is 85.5 cm³/mol. The summed E-state index contributed by atoms with van der Waals surface area (Å²) in [5, 5.41) is 3.31. The number of carbonyl (C=O) groups excluding carboxylic acids is 1. The molecule has 8 heteroatoms. The van der Waals surface area contributed by atoms with Crippen LogP contribution in [0, 0.1) is 0 Å². The number of nitrogens with zero attached hydrogens (tertiary/aromatic N) is 3. The van der Waals surface area contributed by atoms with E-state index in [0.29, 0.717) is 16.0 Å². The van der Waals surface area contributed by atoms with E-state index in [-0.39, 0.29) is 17.9 Å². The highest BCUT2D eigenvalue weighted by Gasteiger charge is 2.22. The summed E-state index contributed by atoms with van der Waals surface area (Å²) in [6.45, 7) is 0.183. The van der Waals surface area contributed by atoms with E-state index in [1.807, 2.05) is 0 Å². The lowest BCUT2D eigenvalue weighted by Crippen LogP contribution is -2.28. The van der Waals surface area contributed by atoms with Gasteiger partial charge in [0.05, 0.1) is 11.9 Å². The Morgan fingerprint density at radius 3 is 2.96 bits per heavy atom. The average Bonchev–Trinajstić information content (AvgIpc) is 3.13. The molecule has 0 saturated carbocycles. The van der Waals surface area contributed by atoms with Crippen LogP contribution in [0.25, 0.3) is 10.2 Å². The van der Waals surface area contributed by atoms with E-state index in [2.05, 4.69) is 25.3 Å². The standard InChI is InChI=1S/C15H13N5O2S/c21-13-11-8-3-1-4-9(8)23-15(11)20-12(19-13)14(22)18-7-10-16-5-2-6-17-10/h2,5-6H,1,3-4,7H2,(H,18,22)(H,19,20,21). The molecular formula is C15H13N5O2S. The first-order chi connectivity index (χ1) is 11.2. The number of aromatic amines is 1. The molecule has 0 aliphatic heterocycles. The molecule has 0 saturated heterocycles. The average molecular weight is 327 g/mol. The first-order valence-corrected chi connectivity index (χ1v) is 8.12. The van der Waals surface area contributed by atoms with Crippen LogP contribution >= 0.6 is 11.3 Å². The maximum absolute atomic E-state index is 12.3. The van der Waals surface area contributed by atoms with E-state index in [9.17, 15) is 9.59 Å². The predicted octanol–water partition coefficient (Wildman–Crippen LogP) is 1.19. The van der Waals surface area contributed by atoms with Gasteiger partial charge >= 0.3 is 0 Å². The van der Waals surface area contributed by atoms with Crippen molar-refractivity contribution in [2.45, 2.75) is 25.8 Å². The number of nitrogens with one attached hydrogen (secondary N) is 2. The van der Waals surface area contributed by atoms with Crippen molar-refractivity contribution in [3.63, 3.8) is 0 Å². The van der Waals surface area contributed by atoms with Crippen molar-refractivity contribution < 1.29 is 4.79 Å². The number of hydrogen-bond donors (Lipinski definition) is 2. The topological polar surface area (TPSA) is 101 Å². The van der Waals surface area contributed by atoms with Gasteiger partial charge in [-0.25, -0.2) is 15.0 Å². The number of rotatable bonds is 3. The molecular weight excluding hydrogens is 314 g/mol. The van der Waals surface area contributed by atoms with Crippen molar-refractivity contribution >= 4 is 27.5 Å². The number of hydrogen-bond acceptors (Lipinski definition) is 6. The lowest BCUT2D eigenvalue weighted by molar-refractivity contribution is 0.0939. The maximum Gasteiger partial charge on any atom is 0.287 e. The fraction of sp³-hybridized carbons (Fsp3) is 0.267. The monoisotopic (exact) mass is 327 g/mol. The molecule has 0 spiro atoms. The quantitative estimate of drug-likeness (QED) is 0.752. The number of carbonyl (C=O) groups is 1. The Morgan fingerprint density at radius 1 is 1.30 bits per heavy atom. The normalized spacial score (nSPS) is 13.2. The lowest BCUT2D eigenvalue weighted by atomic mass is 10.2. The molecule has 7 nitrogen and oxygen atoms in total. The van der Waals surface area contributed by atoms with Gasteiger partial charge in [-0.15, -0.1) is 11.3 Å². The van der Waals surface area contributed by atoms with Crippen LogP contribution < -0.4 is 10.9 Å². The summed E-state index contributed by atoms with van der Waals surface area (Å²) in [5.41, 5.74) is 0.860. The molecule has 0 aromatic carbocycles. The fourth-order valence-electron chi connectivity index (χ4n) is 2.77. The van der Waals surface area contributed by atoms with Crippen molar-refractivity contribution in [3.8, 4) is 0 Å². The Balaban J connectivity index is 1.62.